The van der Waals surface area contributed by atoms with Gasteiger partial charge in [0.1, 0.15) is 11.3 Å². The summed E-state index contributed by atoms with van der Waals surface area (Å²) < 4.78 is 11.9. The molecule has 4 heteroatoms. The fourth-order valence-corrected chi connectivity index (χ4v) is 3.29. The Labute approximate surface area is 158 Å². The van der Waals surface area contributed by atoms with Crippen molar-refractivity contribution in [1.29, 1.82) is 0 Å². The van der Waals surface area contributed by atoms with E-state index in [2.05, 4.69) is 29.8 Å². The van der Waals surface area contributed by atoms with Crippen LogP contribution in [0.2, 0.25) is 0 Å². The van der Waals surface area contributed by atoms with E-state index in [9.17, 15) is 4.79 Å². The van der Waals surface area contributed by atoms with E-state index < -0.39 is 0 Å². The van der Waals surface area contributed by atoms with Gasteiger partial charge in [-0.15, -0.1) is 0 Å². The molecular formula is C21H27BrO3. The van der Waals surface area contributed by atoms with E-state index in [0.29, 0.717) is 17.9 Å². The first kappa shape index (κ1) is 19.8. The summed E-state index contributed by atoms with van der Waals surface area (Å²) >= 11 is 3.46. The van der Waals surface area contributed by atoms with Crippen molar-refractivity contribution in [2.75, 3.05) is 13.7 Å². The number of hydrogen-bond acceptors (Lipinski definition) is 3. The van der Waals surface area contributed by atoms with Crippen LogP contribution in [0.25, 0.3) is 10.8 Å². The molecule has 0 aliphatic heterocycles. The number of carbonyl (C=O) groups is 1. The first-order chi connectivity index (χ1) is 12.0. The Morgan fingerprint density at radius 2 is 1.84 bits per heavy atom. The molecule has 0 aromatic heterocycles. The van der Waals surface area contributed by atoms with Crippen molar-refractivity contribution in [3.63, 3.8) is 0 Å². The number of methoxy groups -OCH3 is 1. The third kappa shape index (κ3) is 5.74. The number of ether oxygens (including phenoxy) is 2. The van der Waals surface area contributed by atoms with Gasteiger partial charge >= 0.3 is 5.97 Å². The lowest BCUT2D eigenvalue weighted by atomic mass is 10.0. The number of hydrogen-bond donors (Lipinski definition) is 0. The van der Waals surface area contributed by atoms with Crippen molar-refractivity contribution in [3.8, 4) is 5.75 Å². The third-order valence-electron chi connectivity index (χ3n) is 4.28. The highest BCUT2D eigenvalue weighted by molar-refractivity contribution is 9.10. The highest BCUT2D eigenvalue weighted by Gasteiger charge is 2.17. The molecule has 2 aromatic rings. The standard InChI is InChI=1S/C21H27BrO3/c1-15(2)8-6-4-5-7-13-25-21(23)20-18-11-10-17(22)14-16(18)9-12-19(20)24-3/h9-12,14-15H,4-8,13H2,1-3H3. The lowest BCUT2D eigenvalue weighted by Crippen LogP contribution is -2.09. The number of benzene rings is 2. The second kappa shape index (κ2) is 9.81. The molecule has 0 amide bonds. The number of rotatable bonds is 9. The molecule has 0 saturated heterocycles. The van der Waals surface area contributed by atoms with E-state index >= 15 is 0 Å². The van der Waals surface area contributed by atoms with Crippen molar-refractivity contribution in [2.45, 2.75) is 46.0 Å². The summed E-state index contributed by atoms with van der Waals surface area (Å²) in [4.78, 5) is 12.6. The van der Waals surface area contributed by atoms with Crippen LogP contribution in [-0.4, -0.2) is 19.7 Å². The topological polar surface area (TPSA) is 35.5 Å². The smallest absolute Gasteiger partial charge is 0.342 e. The van der Waals surface area contributed by atoms with Gasteiger partial charge in [-0.1, -0.05) is 67.6 Å². The lowest BCUT2D eigenvalue weighted by molar-refractivity contribution is 0.0496. The molecule has 136 valence electrons. The van der Waals surface area contributed by atoms with Gasteiger partial charge in [0.15, 0.2) is 0 Å². The molecule has 0 N–H and O–H groups in total. The van der Waals surface area contributed by atoms with Gasteiger partial charge in [0.2, 0.25) is 0 Å². The molecule has 0 bridgehead atoms. The molecule has 2 aromatic carbocycles. The van der Waals surface area contributed by atoms with Crippen molar-refractivity contribution >= 4 is 32.7 Å². The first-order valence-electron chi connectivity index (χ1n) is 8.96. The van der Waals surface area contributed by atoms with Crippen LogP contribution in [0, 0.1) is 5.92 Å². The summed E-state index contributed by atoms with van der Waals surface area (Å²) in [6, 6.07) is 9.60. The van der Waals surface area contributed by atoms with Crippen molar-refractivity contribution < 1.29 is 14.3 Å². The first-order valence-corrected chi connectivity index (χ1v) is 9.75. The largest absolute Gasteiger partial charge is 0.496 e. The van der Waals surface area contributed by atoms with E-state index in [1.807, 2.05) is 30.3 Å². The summed E-state index contributed by atoms with van der Waals surface area (Å²) in [5.41, 5.74) is 0.507. The summed E-state index contributed by atoms with van der Waals surface area (Å²) in [5.74, 6) is 1.00. The molecule has 0 saturated carbocycles. The molecular weight excluding hydrogens is 380 g/mol. The van der Waals surface area contributed by atoms with Gasteiger partial charge in [-0.3, -0.25) is 0 Å². The molecule has 0 aliphatic rings. The monoisotopic (exact) mass is 406 g/mol. The SMILES string of the molecule is COc1ccc2cc(Br)ccc2c1C(=O)OCCCCCCC(C)C. The summed E-state index contributed by atoms with van der Waals surface area (Å²) in [5, 5.41) is 1.83. The van der Waals surface area contributed by atoms with Gasteiger partial charge < -0.3 is 9.47 Å². The van der Waals surface area contributed by atoms with Gasteiger partial charge in [0.25, 0.3) is 0 Å². The van der Waals surface area contributed by atoms with Crippen LogP contribution < -0.4 is 4.74 Å². The Balaban J connectivity index is 1.97. The van der Waals surface area contributed by atoms with Crippen LogP contribution in [0.5, 0.6) is 5.75 Å². The van der Waals surface area contributed by atoms with E-state index in [4.69, 9.17) is 9.47 Å². The van der Waals surface area contributed by atoms with Crippen LogP contribution in [0.1, 0.15) is 56.3 Å². The van der Waals surface area contributed by atoms with E-state index in [0.717, 1.165) is 34.0 Å². The normalized spacial score (nSPS) is 11.1. The third-order valence-corrected chi connectivity index (χ3v) is 4.77. The average Bonchev–Trinajstić information content (AvgIpc) is 2.59. The maximum absolute atomic E-state index is 12.6. The molecule has 2 rings (SSSR count). The number of esters is 1. The lowest BCUT2D eigenvalue weighted by Gasteiger charge is -2.12. The quantitative estimate of drug-likeness (QED) is 0.358. The van der Waals surface area contributed by atoms with Crippen LogP contribution in [-0.2, 0) is 4.74 Å². The molecule has 0 atom stereocenters. The van der Waals surface area contributed by atoms with Gasteiger partial charge in [0, 0.05) is 9.86 Å². The van der Waals surface area contributed by atoms with Gasteiger partial charge in [-0.05, 0) is 35.9 Å². The van der Waals surface area contributed by atoms with Gasteiger partial charge in [-0.2, -0.15) is 0 Å². The minimum absolute atomic E-state index is 0.313. The highest BCUT2D eigenvalue weighted by Crippen LogP contribution is 2.30. The molecule has 25 heavy (non-hydrogen) atoms. The Morgan fingerprint density at radius 3 is 2.56 bits per heavy atom. The van der Waals surface area contributed by atoms with Crippen molar-refractivity contribution in [2.24, 2.45) is 5.92 Å². The van der Waals surface area contributed by atoms with Crippen molar-refractivity contribution in [3.05, 3.63) is 40.4 Å². The molecule has 0 spiro atoms. The number of fused-ring (bicyclic) bond motifs is 1. The van der Waals surface area contributed by atoms with Gasteiger partial charge in [0.05, 0.1) is 13.7 Å². The Morgan fingerprint density at radius 1 is 1.08 bits per heavy atom. The van der Waals surface area contributed by atoms with Crippen LogP contribution in [0.4, 0.5) is 0 Å². The number of unbranched alkanes of at least 4 members (excludes halogenated alkanes) is 3. The van der Waals surface area contributed by atoms with E-state index in [1.165, 1.54) is 19.3 Å². The zero-order chi connectivity index (χ0) is 18.2. The Bertz CT molecular complexity index is 710. The molecule has 0 aliphatic carbocycles. The van der Waals surface area contributed by atoms with E-state index in [-0.39, 0.29) is 5.97 Å². The second-order valence-corrected chi connectivity index (χ2v) is 7.66. The van der Waals surface area contributed by atoms with Crippen LogP contribution in [0.15, 0.2) is 34.8 Å². The zero-order valence-electron chi connectivity index (χ0n) is 15.3. The Hall–Kier alpha value is -1.55. The predicted octanol–water partition coefficient (Wildman–Crippen LogP) is 6.37. The minimum atomic E-state index is -0.313. The van der Waals surface area contributed by atoms with Crippen molar-refractivity contribution in [1.82, 2.24) is 0 Å². The number of carbonyl (C=O) groups excluding carboxylic acids is 1. The van der Waals surface area contributed by atoms with E-state index in [1.54, 1.807) is 7.11 Å². The molecule has 0 unspecified atom stereocenters. The second-order valence-electron chi connectivity index (χ2n) is 6.74. The van der Waals surface area contributed by atoms with Crippen LogP contribution >= 0.6 is 15.9 Å². The molecule has 3 nitrogen and oxygen atoms in total. The number of halogens is 1. The maximum Gasteiger partial charge on any atom is 0.342 e. The zero-order valence-corrected chi connectivity index (χ0v) is 16.9. The minimum Gasteiger partial charge on any atom is -0.496 e. The fourth-order valence-electron chi connectivity index (χ4n) is 2.91. The average molecular weight is 407 g/mol. The molecule has 0 heterocycles. The molecule has 0 fully saturated rings. The Kier molecular flexibility index (Phi) is 7.76. The summed E-state index contributed by atoms with van der Waals surface area (Å²) in [6.07, 6.45) is 5.71. The van der Waals surface area contributed by atoms with Crippen LogP contribution in [0.3, 0.4) is 0 Å². The highest BCUT2D eigenvalue weighted by atomic mass is 79.9. The predicted molar refractivity (Wildman–Crippen MR) is 106 cm³/mol. The molecule has 0 radical (unpaired) electrons. The fraction of sp³-hybridized carbons (Fsp3) is 0.476. The summed E-state index contributed by atoms with van der Waals surface area (Å²) in [6.45, 7) is 4.95. The maximum atomic E-state index is 12.6. The summed E-state index contributed by atoms with van der Waals surface area (Å²) in [7, 11) is 1.57. The van der Waals surface area contributed by atoms with Gasteiger partial charge in [-0.25, -0.2) is 4.79 Å².